The van der Waals surface area contributed by atoms with Crippen molar-refractivity contribution in [2.75, 3.05) is 6.54 Å². The second-order valence-corrected chi connectivity index (χ2v) is 7.37. The van der Waals surface area contributed by atoms with E-state index in [2.05, 4.69) is 5.32 Å². The minimum Gasteiger partial charge on any atom is -0.481 e. The van der Waals surface area contributed by atoms with Crippen LogP contribution in [-0.4, -0.2) is 41.0 Å². The molecule has 0 aromatic heterocycles. The van der Waals surface area contributed by atoms with E-state index in [1.807, 2.05) is 0 Å². The van der Waals surface area contributed by atoms with E-state index in [9.17, 15) is 14.4 Å². The smallest absolute Gasteiger partial charge is 0.303 e. The Hall–Kier alpha value is -1.43. The molecule has 6 heteroatoms. The van der Waals surface area contributed by atoms with Gasteiger partial charge >= 0.3 is 11.9 Å². The fraction of sp³-hybridized carbons (Fsp3) is 0.857. The first-order valence-electron chi connectivity index (χ1n) is 10.7. The van der Waals surface area contributed by atoms with Crippen LogP contribution in [0.1, 0.15) is 103 Å². The molecule has 0 saturated carbocycles. The zero-order valence-electron chi connectivity index (χ0n) is 16.8. The number of hydrogen-bond donors (Lipinski definition) is 3. The molecule has 0 rings (SSSR count). The van der Waals surface area contributed by atoms with Gasteiger partial charge in [0.25, 0.3) is 0 Å². The summed E-state index contributed by atoms with van der Waals surface area (Å²) in [6.45, 7) is 0.773. The third-order valence-electron chi connectivity index (χ3n) is 4.81. The van der Waals surface area contributed by atoms with Crippen LogP contribution in [0.2, 0.25) is 0 Å². The minimum absolute atomic E-state index is 0.0289. The lowest BCUT2D eigenvalue weighted by Gasteiger charge is -2.11. The molecule has 0 radical (unpaired) electrons. The second-order valence-electron chi connectivity index (χ2n) is 7.37. The maximum absolute atomic E-state index is 10.8. The third-order valence-corrected chi connectivity index (χ3v) is 4.81. The summed E-state index contributed by atoms with van der Waals surface area (Å²) < 4.78 is 0. The van der Waals surface area contributed by atoms with Gasteiger partial charge in [0.15, 0.2) is 0 Å². The normalized spacial score (nSPS) is 12.0. The molecule has 27 heavy (non-hydrogen) atoms. The first-order chi connectivity index (χ1) is 13.1. The van der Waals surface area contributed by atoms with Crippen LogP contribution in [0, 0.1) is 0 Å². The monoisotopic (exact) mass is 385 g/mol. The molecule has 0 aliphatic carbocycles. The van der Waals surface area contributed by atoms with Crippen LogP contribution < -0.4 is 5.32 Å². The van der Waals surface area contributed by atoms with Gasteiger partial charge in [-0.25, -0.2) is 0 Å². The number of carboxylic acid groups (broad SMARTS) is 2. The molecule has 1 unspecified atom stereocenters. The first-order valence-corrected chi connectivity index (χ1v) is 10.7. The summed E-state index contributed by atoms with van der Waals surface area (Å²) in [5.41, 5.74) is 0. The van der Waals surface area contributed by atoms with Gasteiger partial charge < -0.3 is 20.3 Å². The van der Waals surface area contributed by atoms with Crippen LogP contribution in [0.5, 0.6) is 0 Å². The predicted octanol–water partition coefficient (Wildman–Crippen LogP) is 4.55. The molecule has 0 spiro atoms. The molecule has 3 N–H and O–H groups in total. The number of carbonyl (C=O) groups excluding carboxylic acids is 1. The zero-order valence-corrected chi connectivity index (χ0v) is 16.8. The third kappa shape index (κ3) is 20.7. The molecule has 0 fully saturated rings. The van der Waals surface area contributed by atoms with Gasteiger partial charge in [-0.05, 0) is 25.8 Å². The van der Waals surface area contributed by atoms with Crippen molar-refractivity contribution in [3.8, 4) is 0 Å². The largest absolute Gasteiger partial charge is 0.481 e. The Morgan fingerprint density at radius 2 is 1.07 bits per heavy atom. The van der Waals surface area contributed by atoms with E-state index >= 15 is 0 Å². The molecule has 1 atom stereocenters. The molecule has 6 nitrogen and oxygen atoms in total. The van der Waals surface area contributed by atoms with E-state index in [-0.39, 0.29) is 12.5 Å². The fourth-order valence-electron chi connectivity index (χ4n) is 3.13. The number of carbonyl (C=O) groups is 3. The molecule has 0 bridgehead atoms. The number of nitrogens with one attached hydrogen (secondary N) is 1. The number of aldehydes is 1. The Labute approximate surface area is 164 Å². The van der Waals surface area contributed by atoms with Crippen LogP contribution in [0.4, 0.5) is 0 Å². The molecule has 0 aromatic rings. The van der Waals surface area contributed by atoms with Crippen molar-refractivity contribution in [3.63, 3.8) is 0 Å². The average Bonchev–Trinajstić information content (AvgIpc) is 2.63. The van der Waals surface area contributed by atoms with Gasteiger partial charge in [0, 0.05) is 12.8 Å². The van der Waals surface area contributed by atoms with Gasteiger partial charge in [0.2, 0.25) is 0 Å². The Kier molecular flexibility index (Phi) is 18.3. The molecule has 0 aromatic carbocycles. The predicted molar refractivity (Wildman–Crippen MR) is 107 cm³/mol. The molecule has 158 valence electrons. The topological polar surface area (TPSA) is 104 Å². The zero-order chi connectivity index (χ0) is 20.2. The molecule has 0 aliphatic heterocycles. The maximum Gasteiger partial charge on any atom is 0.303 e. The Balaban J connectivity index is 3.21. The van der Waals surface area contributed by atoms with Gasteiger partial charge in [-0.15, -0.1) is 0 Å². The van der Waals surface area contributed by atoms with E-state index in [0.29, 0.717) is 12.8 Å². The van der Waals surface area contributed by atoms with Gasteiger partial charge in [0.05, 0.1) is 6.04 Å². The summed E-state index contributed by atoms with van der Waals surface area (Å²) in [6.07, 6.45) is 16.8. The SMILES string of the molecule is O=CC(CCC(=O)O)NCCCCCCCCCCCCCCCC(=O)O. The van der Waals surface area contributed by atoms with Crippen molar-refractivity contribution >= 4 is 18.2 Å². The molecular weight excluding hydrogens is 346 g/mol. The molecule has 0 aliphatic rings. The number of aliphatic carboxylic acids is 2. The van der Waals surface area contributed by atoms with Gasteiger partial charge in [0.1, 0.15) is 6.29 Å². The van der Waals surface area contributed by atoms with Crippen LogP contribution in [0.25, 0.3) is 0 Å². The lowest BCUT2D eigenvalue weighted by atomic mass is 10.0. The van der Waals surface area contributed by atoms with Crippen molar-refractivity contribution in [2.45, 2.75) is 109 Å². The highest BCUT2D eigenvalue weighted by Crippen LogP contribution is 2.13. The average molecular weight is 386 g/mol. The van der Waals surface area contributed by atoms with Crippen molar-refractivity contribution in [2.24, 2.45) is 0 Å². The molecule has 0 saturated heterocycles. The van der Waals surface area contributed by atoms with Crippen LogP contribution in [0.3, 0.4) is 0 Å². The number of rotatable bonds is 21. The maximum atomic E-state index is 10.8. The highest BCUT2D eigenvalue weighted by molar-refractivity contribution is 5.68. The summed E-state index contributed by atoms with van der Waals surface area (Å²) in [7, 11) is 0. The molecule has 0 heterocycles. The summed E-state index contributed by atoms with van der Waals surface area (Å²) in [5.74, 6) is -1.55. The van der Waals surface area contributed by atoms with Gasteiger partial charge in [-0.3, -0.25) is 9.59 Å². The van der Waals surface area contributed by atoms with Crippen molar-refractivity contribution in [1.82, 2.24) is 5.32 Å². The quantitative estimate of drug-likeness (QED) is 0.198. The van der Waals surface area contributed by atoms with E-state index < -0.39 is 11.9 Å². The summed E-state index contributed by atoms with van der Waals surface area (Å²) >= 11 is 0. The lowest BCUT2D eigenvalue weighted by molar-refractivity contribution is -0.138. The summed E-state index contributed by atoms with van der Waals surface area (Å²) in [5, 5.41) is 20.3. The standard InChI is InChI=1S/C21H39NO5/c23-18-19(15-16-21(26)27)22-17-13-11-9-7-5-3-1-2-4-6-8-10-12-14-20(24)25/h18-19,22H,1-17H2,(H,24,25)(H,26,27). The van der Waals surface area contributed by atoms with E-state index in [1.54, 1.807) is 0 Å². The van der Waals surface area contributed by atoms with Crippen LogP contribution in [-0.2, 0) is 14.4 Å². The Bertz CT molecular complexity index is 387. The summed E-state index contributed by atoms with van der Waals surface area (Å²) in [4.78, 5) is 31.7. The summed E-state index contributed by atoms with van der Waals surface area (Å²) in [6, 6.07) is -0.335. The van der Waals surface area contributed by atoms with Crippen LogP contribution >= 0.6 is 0 Å². The lowest BCUT2D eigenvalue weighted by Crippen LogP contribution is -2.31. The number of unbranched alkanes of at least 4 members (excludes halogenated alkanes) is 12. The Morgan fingerprint density at radius 3 is 1.48 bits per heavy atom. The van der Waals surface area contributed by atoms with Crippen molar-refractivity contribution in [3.05, 3.63) is 0 Å². The van der Waals surface area contributed by atoms with E-state index in [1.165, 1.54) is 51.4 Å². The Morgan fingerprint density at radius 1 is 0.667 bits per heavy atom. The minimum atomic E-state index is -0.862. The number of hydrogen-bond acceptors (Lipinski definition) is 4. The van der Waals surface area contributed by atoms with Gasteiger partial charge in [-0.2, -0.15) is 0 Å². The first kappa shape index (κ1) is 25.6. The van der Waals surface area contributed by atoms with Crippen molar-refractivity contribution in [1.29, 1.82) is 0 Å². The van der Waals surface area contributed by atoms with Gasteiger partial charge in [-0.1, -0.05) is 70.6 Å². The highest BCUT2D eigenvalue weighted by atomic mass is 16.4. The van der Waals surface area contributed by atoms with E-state index in [4.69, 9.17) is 10.2 Å². The molecular formula is C21H39NO5. The van der Waals surface area contributed by atoms with E-state index in [0.717, 1.165) is 44.9 Å². The fourth-order valence-corrected chi connectivity index (χ4v) is 3.13. The number of carboxylic acids is 2. The highest BCUT2D eigenvalue weighted by Gasteiger charge is 2.08. The second kappa shape index (κ2) is 19.3. The van der Waals surface area contributed by atoms with Crippen LogP contribution in [0.15, 0.2) is 0 Å². The van der Waals surface area contributed by atoms with Crippen molar-refractivity contribution < 1.29 is 24.6 Å². The molecule has 0 amide bonds.